The second-order valence-corrected chi connectivity index (χ2v) is 5.71. The fourth-order valence-electron chi connectivity index (χ4n) is 2.44. The summed E-state index contributed by atoms with van der Waals surface area (Å²) in [6.07, 6.45) is 0.479. The monoisotopic (exact) mass is 307 g/mol. The number of anilines is 1. The van der Waals surface area contributed by atoms with E-state index in [0.29, 0.717) is 23.2 Å². The molecular weight excluding hydrogens is 289 g/mol. The van der Waals surface area contributed by atoms with Crippen LogP contribution in [0.25, 0.3) is 0 Å². The van der Waals surface area contributed by atoms with E-state index in [4.69, 9.17) is 11.6 Å². The van der Waals surface area contributed by atoms with Gasteiger partial charge in [0.05, 0.1) is 0 Å². The van der Waals surface area contributed by atoms with Crippen LogP contribution in [0.5, 0.6) is 0 Å². The largest absolute Gasteiger partial charge is 0.373 e. The molecule has 0 saturated carbocycles. The highest BCUT2D eigenvalue weighted by Crippen LogP contribution is 2.26. The molecule has 0 saturated heterocycles. The van der Waals surface area contributed by atoms with Gasteiger partial charge in [0.2, 0.25) is 0 Å². The van der Waals surface area contributed by atoms with E-state index in [1.807, 2.05) is 14.0 Å². The summed E-state index contributed by atoms with van der Waals surface area (Å²) in [7, 11) is 1.85. The summed E-state index contributed by atoms with van der Waals surface area (Å²) in [4.78, 5) is 9.12. The van der Waals surface area contributed by atoms with Crippen molar-refractivity contribution >= 4 is 17.4 Å². The first-order chi connectivity index (χ1) is 9.92. The first-order valence-electron chi connectivity index (χ1n) is 6.91. The van der Waals surface area contributed by atoms with E-state index >= 15 is 0 Å². The molecular formula is C16H19ClFN3. The number of nitrogens with one attached hydrogen (secondary N) is 1. The topological polar surface area (TPSA) is 37.8 Å². The van der Waals surface area contributed by atoms with Gasteiger partial charge in [-0.3, -0.25) is 0 Å². The van der Waals surface area contributed by atoms with Crippen LogP contribution >= 0.6 is 11.6 Å². The molecule has 0 aliphatic heterocycles. The van der Waals surface area contributed by atoms with Gasteiger partial charge < -0.3 is 5.32 Å². The van der Waals surface area contributed by atoms with E-state index < -0.39 is 0 Å². The van der Waals surface area contributed by atoms with Gasteiger partial charge in [-0.25, -0.2) is 14.4 Å². The van der Waals surface area contributed by atoms with E-state index in [0.717, 1.165) is 22.6 Å². The van der Waals surface area contributed by atoms with Gasteiger partial charge in [0.15, 0.2) is 0 Å². The van der Waals surface area contributed by atoms with Gasteiger partial charge in [-0.1, -0.05) is 31.5 Å². The maximum absolute atomic E-state index is 13.1. The molecule has 0 radical (unpaired) electrons. The minimum absolute atomic E-state index is 0.341. The first kappa shape index (κ1) is 15.7. The molecule has 1 aromatic carbocycles. The number of hydrogen-bond donors (Lipinski definition) is 1. The summed E-state index contributed by atoms with van der Waals surface area (Å²) in [5.41, 5.74) is 2.89. The van der Waals surface area contributed by atoms with Gasteiger partial charge in [0.25, 0.3) is 0 Å². The maximum Gasteiger partial charge on any atom is 0.135 e. The standard InChI is InChI=1S/C16H19ClFN3/c1-9(2)15-10(3)20-14(21-16(15)19-4)7-11-5-6-12(18)8-13(11)17/h5-6,8-9H,7H2,1-4H3,(H,19,20,21). The fraction of sp³-hybridized carbons (Fsp3) is 0.375. The molecule has 0 atom stereocenters. The summed E-state index contributed by atoms with van der Waals surface area (Å²) in [6, 6.07) is 4.38. The minimum Gasteiger partial charge on any atom is -0.373 e. The van der Waals surface area contributed by atoms with Crippen LogP contribution in [0.3, 0.4) is 0 Å². The molecule has 0 unspecified atom stereocenters. The van der Waals surface area contributed by atoms with Gasteiger partial charge in [-0.05, 0) is 30.5 Å². The predicted octanol–water partition coefficient (Wildman–Crippen LogP) is 4.33. The van der Waals surface area contributed by atoms with Crippen LogP contribution in [0.1, 0.15) is 42.4 Å². The van der Waals surface area contributed by atoms with E-state index in [2.05, 4.69) is 29.1 Å². The van der Waals surface area contributed by atoms with E-state index in [-0.39, 0.29) is 5.82 Å². The average molecular weight is 308 g/mol. The van der Waals surface area contributed by atoms with Crippen molar-refractivity contribution < 1.29 is 4.39 Å². The highest BCUT2D eigenvalue weighted by atomic mass is 35.5. The SMILES string of the molecule is CNc1nc(Cc2ccc(F)cc2Cl)nc(C)c1C(C)C. The average Bonchev–Trinajstić information content (AvgIpc) is 2.40. The van der Waals surface area contributed by atoms with Crippen molar-refractivity contribution in [2.45, 2.75) is 33.1 Å². The molecule has 1 N–H and O–H groups in total. The van der Waals surface area contributed by atoms with Gasteiger partial charge in [0, 0.05) is 29.7 Å². The summed E-state index contributed by atoms with van der Waals surface area (Å²) in [6.45, 7) is 6.21. The first-order valence-corrected chi connectivity index (χ1v) is 7.29. The third kappa shape index (κ3) is 3.50. The van der Waals surface area contributed by atoms with Crippen molar-refractivity contribution in [2.75, 3.05) is 12.4 Å². The molecule has 112 valence electrons. The molecule has 1 heterocycles. The Balaban J connectivity index is 2.39. The molecule has 1 aromatic heterocycles. The Hall–Kier alpha value is -1.68. The van der Waals surface area contributed by atoms with Crippen LogP contribution in [0.2, 0.25) is 5.02 Å². The number of benzene rings is 1. The lowest BCUT2D eigenvalue weighted by molar-refractivity contribution is 0.627. The van der Waals surface area contributed by atoms with Gasteiger partial charge in [0.1, 0.15) is 17.5 Å². The molecule has 0 bridgehead atoms. The summed E-state index contributed by atoms with van der Waals surface area (Å²) >= 11 is 6.06. The number of aromatic nitrogens is 2. The van der Waals surface area contributed by atoms with Crippen molar-refractivity contribution in [1.29, 1.82) is 0 Å². The molecule has 0 aliphatic carbocycles. The van der Waals surface area contributed by atoms with Crippen LogP contribution in [0.15, 0.2) is 18.2 Å². The van der Waals surface area contributed by atoms with Crippen LogP contribution in [0.4, 0.5) is 10.2 Å². The predicted molar refractivity (Wildman–Crippen MR) is 84.6 cm³/mol. The van der Waals surface area contributed by atoms with Crippen molar-refractivity contribution in [2.24, 2.45) is 0 Å². The molecule has 0 fully saturated rings. The van der Waals surface area contributed by atoms with Crippen molar-refractivity contribution in [3.8, 4) is 0 Å². The number of halogens is 2. The Bertz CT molecular complexity index is 656. The van der Waals surface area contributed by atoms with Crippen molar-refractivity contribution in [3.63, 3.8) is 0 Å². The lowest BCUT2D eigenvalue weighted by Crippen LogP contribution is -2.09. The fourth-order valence-corrected chi connectivity index (χ4v) is 2.67. The Morgan fingerprint density at radius 1 is 1.29 bits per heavy atom. The van der Waals surface area contributed by atoms with Crippen LogP contribution in [-0.2, 0) is 6.42 Å². The molecule has 5 heteroatoms. The molecule has 0 spiro atoms. The smallest absolute Gasteiger partial charge is 0.135 e. The lowest BCUT2D eigenvalue weighted by Gasteiger charge is -2.15. The van der Waals surface area contributed by atoms with E-state index in [1.54, 1.807) is 6.07 Å². The Kier molecular flexibility index (Phi) is 4.78. The van der Waals surface area contributed by atoms with E-state index in [9.17, 15) is 4.39 Å². The zero-order chi connectivity index (χ0) is 15.6. The summed E-state index contributed by atoms with van der Waals surface area (Å²) in [5.74, 6) is 1.52. The van der Waals surface area contributed by atoms with Crippen molar-refractivity contribution in [1.82, 2.24) is 9.97 Å². The Labute approximate surface area is 129 Å². The lowest BCUT2D eigenvalue weighted by atomic mass is 10.0. The molecule has 21 heavy (non-hydrogen) atoms. The number of aryl methyl sites for hydroxylation is 1. The number of rotatable bonds is 4. The molecule has 2 rings (SSSR count). The normalized spacial score (nSPS) is 11.0. The highest BCUT2D eigenvalue weighted by molar-refractivity contribution is 6.31. The summed E-state index contributed by atoms with van der Waals surface area (Å²) < 4.78 is 13.1. The van der Waals surface area contributed by atoms with Crippen molar-refractivity contribution in [3.05, 3.63) is 51.7 Å². The minimum atomic E-state index is -0.341. The van der Waals surface area contributed by atoms with Gasteiger partial charge in [-0.2, -0.15) is 0 Å². The quantitative estimate of drug-likeness (QED) is 0.913. The Morgan fingerprint density at radius 2 is 2.00 bits per heavy atom. The van der Waals surface area contributed by atoms with Crippen LogP contribution in [0, 0.1) is 12.7 Å². The zero-order valence-corrected chi connectivity index (χ0v) is 13.4. The Morgan fingerprint density at radius 3 is 2.57 bits per heavy atom. The maximum atomic E-state index is 13.1. The van der Waals surface area contributed by atoms with Gasteiger partial charge in [-0.15, -0.1) is 0 Å². The third-order valence-electron chi connectivity index (χ3n) is 3.36. The van der Waals surface area contributed by atoms with Crippen LogP contribution in [-0.4, -0.2) is 17.0 Å². The summed E-state index contributed by atoms with van der Waals surface area (Å²) in [5, 5.41) is 3.52. The third-order valence-corrected chi connectivity index (χ3v) is 3.71. The number of nitrogens with zero attached hydrogens (tertiary/aromatic N) is 2. The van der Waals surface area contributed by atoms with E-state index in [1.165, 1.54) is 12.1 Å². The second-order valence-electron chi connectivity index (χ2n) is 5.30. The van der Waals surface area contributed by atoms with Crippen LogP contribution < -0.4 is 5.32 Å². The highest BCUT2D eigenvalue weighted by Gasteiger charge is 2.14. The molecule has 3 nitrogen and oxygen atoms in total. The molecule has 0 amide bonds. The zero-order valence-electron chi connectivity index (χ0n) is 12.7. The molecule has 0 aliphatic rings. The second kappa shape index (κ2) is 6.39. The number of hydrogen-bond acceptors (Lipinski definition) is 3. The molecule has 2 aromatic rings. The van der Waals surface area contributed by atoms with Gasteiger partial charge >= 0.3 is 0 Å².